The van der Waals surface area contributed by atoms with Gasteiger partial charge in [0.1, 0.15) is 11.2 Å². The van der Waals surface area contributed by atoms with Crippen LogP contribution in [0.4, 0.5) is 22.7 Å². The molecule has 0 fully saturated rings. The first-order valence-electron chi connectivity index (χ1n) is 15.9. The summed E-state index contributed by atoms with van der Waals surface area (Å²) in [5.41, 5.74) is 17.9. The van der Waals surface area contributed by atoms with E-state index in [0.717, 1.165) is 11.2 Å². The van der Waals surface area contributed by atoms with Gasteiger partial charge in [-0.1, -0.05) is 103 Å². The van der Waals surface area contributed by atoms with Crippen molar-refractivity contribution < 1.29 is 4.42 Å². The minimum atomic E-state index is -0.0695. The number of furan rings is 1. The van der Waals surface area contributed by atoms with Crippen molar-refractivity contribution in [3.63, 3.8) is 0 Å². The summed E-state index contributed by atoms with van der Waals surface area (Å²) < 4.78 is 6.54. The van der Waals surface area contributed by atoms with Crippen LogP contribution in [0.2, 0.25) is 0 Å². The molecular formula is C42H25BN2O. The average molecular weight is 584 g/mol. The van der Waals surface area contributed by atoms with Gasteiger partial charge in [-0.25, -0.2) is 0 Å². The molecule has 4 heterocycles. The molecule has 212 valence electrons. The predicted molar refractivity (Wildman–Crippen MR) is 192 cm³/mol. The topological polar surface area (TPSA) is 19.6 Å². The quantitative estimate of drug-likeness (QED) is 0.189. The summed E-state index contributed by atoms with van der Waals surface area (Å²) in [4.78, 5) is 5.14. The molecule has 0 amide bonds. The second-order valence-corrected chi connectivity index (χ2v) is 12.5. The molecule has 11 rings (SSSR count). The van der Waals surface area contributed by atoms with Crippen LogP contribution in [0.3, 0.4) is 0 Å². The van der Waals surface area contributed by atoms with Crippen LogP contribution in [0.1, 0.15) is 0 Å². The molecule has 0 aliphatic carbocycles. The fraction of sp³-hybridized carbons (Fsp3) is 0. The number of hydrogen-bond donors (Lipinski definition) is 0. The molecular weight excluding hydrogens is 559 g/mol. The molecule has 0 bridgehead atoms. The number of anilines is 4. The van der Waals surface area contributed by atoms with E-state index in [0.29, 0.717) is 0 Å². The molecule has 0 N–H and O–H groups in total. The fourth-order valence-electron chi connectivity index (χ4n) is 8.25. The van der Waals surface area contributed by atoms with Crippen molar-refractivity contribution in [3.05, 3.63) is 152 Å². The largest absolute Gasteiger partial charge is 0.456 e. The van der Waals surface area contributed by atoms with Crippen molar-refractivity contribution in [1.29, 1.82) is 0 Å². The summed E-state index contributed by atoms with van der Waals surface area (Å²) in [5, 5.41) is 2.34. The first kappa shape index (κ1) is 24.3. The van der Waals surface area contributed by atoms with E-state index in [1.165, 1.54) is 83.5 Å². The van der Waals surface area contributed by atoms with Crippen LogP contribution in [-0.2, 0) is 0 Å². The minimum Gasteiger partial charge on any atom is -0.456 e. The van der Waals surface area contributed by atoms with Gasteiger partial charge in [0.15, 0.2) is 0 Å². The Morgan fingerprint density at radius 3 is 1.35 bits per heavy atom. The highest BCUT2D eigenvalue weighted by Gasteiger charge is 2.49. The molecule has 0 unspecified atom stereocenters. The number of rotatable bonds is 2. The van der Waals surface area contributed by atoms with Crippen LogP contribution < -0.4 is 15.1 Å². The van der Waals surface area contributed by atoms with Gasteiger partial charge in [0.25, 0.3) is 0 Å². The molecule has 0 saturated heterocycles. The third-order valence-electron chi connectivity index (χ3n) is 10.2. The predicted octanol–water partition coefficient (Wildman–Crippen LogP) is 10.6. The monoisotopic (exact) mass is 584 g/mol. The van der Waals surface area contributed by atoms with Crippen molar-refractivity contribution in [2.75, 3.05) is 9.62 Å². The Morgan fingerprint density at radius 1 is 0.370 bits per heavy atom. The zero-order valence-electron chi connectivity index (χ0n) is 24.8. The van der Waals surface area contributed by atoms with E-state index in [4.69, 9.17) is 4.42 Å². The van der Waals surface area contributed by atoms with Gasteiger partial charge in [0, 0.05) is 33.9 Å². The highest BCUT2D eigenvalue weighted by molar-refractivity contribution is 6.87. The molecule has 8 aromatic rings. The maximum absolute atomic E-state index is 6.54. The summed E-state index contributed by atoms with van der Waals surface area (Å²) in [5.74, 6) is 0. The van der Waals surface area contributed by atoms with Gasteiger partial charge in [-0.2, -0.15) is 0 Å². The maximum atomic E-state index is 6.54. The van der Waals surface area contributed by atoms with Gasteiger partial charge >= 0.3 is 6.98 Å². The Bertz CT molecular complexity index is 2380. The normalized spacial score (nSPS) is 13.5. The molecule has 0 spiro atoms. The summed E-state index contributed by atoms with van der Waals surface area (Å²) in [6.07, 6.45) is 0. The van der Waals surface area contributed by atoms with E-state index in [2.05, 4.69) is 161 Å². The number of nitrogens with zero attached hydrogens (tertiary/aromatic N) is 2. The van der Waals surface area contributed by atoms with Gasteiger partial charge < -0.3 is 14.0 Å². The Hall–Kier alpha value is -6.00. The van der Waals surface area contributed by atoms with E-state index >= 15 is 0 Å². The molecule has 4 heteroatoms. The van der Waals surface area contributed by atoms with Crippen molar-refractivity contribution in [2.45, 2.75) is 0 Å². The molecule has 0 radical (unpaired) electrons. The van der Waals surface area contributed by atoms with Crippen LogP contribution in [0.15, 0.2) is 156 Å². The molecule has 0 saturated carbocycles. The highest BCUT2D eigenvalue weighted by Crippen LogP contribution is 2.55. The summed E-state index contributed by atoms with van der Waals surface area (Å²) in [6.45, 7) is -0.0695. The lowest BCUT2D eigenvalue weighted by Crippen LogP contribution is -2.61. The molecule has 7 aromatic carbocycles. The molecule has 46 heavy (non-hydrogen) atoms. The van der Waals surface area contributed by atoms with Crippen molar-refractivity contribution in [1.82, 2.24) is 0 Å². The van der Waals surface area contributed by atoms with Gasteiger partial charge in [-0.15, -0.1) is 0 Å². The molecule has 3 aliphatic rings. The third-order valence-corrected chi connectivity index (χ3v) is 10.2. The molecule has 3 aliphatic heterocycles. The van der Waals surface area contributed by atoms with Gasteiger partial charge in [0.2, 0.25) is 0 Å². The zero-order chi connectivity index (χ0) is 29.9. The lowest BCUT2D eigenvalue weighted by Gasteiger charge is -2.47. The average Bonchev–Trinajstić information content (AvgIpc) is 3.45. The van der Waals surface area contributed by atoms with Crippen LogP contribution >= 0.6 is 0 Å². The number of fused-ring (bicyclic) bond motifs is 8. The van der Waals surface area contributed by atoms with Crippen molar-refractivity contribution >= 4 is 57.1 Å². The lowest BCUT2D eigenvalue weighted by atomic mass is 9.53. The smallest absolute Gasteiger partial charge is 0.421 e. The zero-order valence-corrected chi connectivity index (χ0v) is 24.8. The Balaban J connectivity index is 1.29. The van der Waals surface area contributed by atoms with Gasteiger partial charge in [-0.05, 0) is 87.4 Å². The molecule has 0 atom stereocenters. The second-order valence-electron chi connectivity index (χ2n) is 12.5. The van der Waals surface area contributed by atoms with Crippen LogP contribution in [0, 0.1) is 0 Å². The summed E-state index contributed by atoms with van der Waals surface area (Å²) >= 11 is 0. The van der Waals surface area contributed by atoms with E-state index in [1.54, 1.807) is 0 Å². The van der Waals surface area contributed by atoms with Crippen LogP contribution in [-0.4, -0.2) is 6.98 Å². The maximum Gasteiger partial charge on any atom is 0.421 e. The van der Waals surface area contributed by atoms with E-state index in [9.17, 15) is 0 Å². The summed E-state index contributed by atoms with van der Waals surface area (Å²) in [7, 11) is 0. The van der Waals surface area contributed by atoms with Gasteiger partial charge in [0.05, 0.1) is 10.8 Å². The summed E-state index contributed by atoms with van der Waals surface area (Å²) in [6, 6.07) is 55.3. The lowest BCUT2D eigenvalue weighted by molar-refractivity contribution is 0.669. The third kappa shape index (κ3) is 3.08. The first-order chi connectivity index (χ1) is 22.8. The molecule has 3 nitrogen and oxygen atoms in total. The van der Waals surface area contributed by atoms with Crippen LogP contribution in [0.25, 0.3) is 66.4 Å². The second kappa shape index (κ2) is 8.80. The Morgan fingerprint density at radius 2 is 0.848 bits per heavy atom. The Kier molecular flexibility index (Phi) is 4.66. The standard InChI is InChI=1S/C42H25BN2O/c1-3-10-26(11-4-1)28-20-22-34-32(24-28)30-14-7-15-31-33-25-29(27-12-5-2-6-13-27)21-23-35(33)45-37-17-9-19-39-41(37)40-36(16-8-18-38(40)46-39)44(34)43(45)42(30)31/h1-25H. The van der Waals surface area contributed by atoms with Crippen molar-refractivity contribution in [3.8, 4) is 44.5 Å². The fourth-order valence-corrected chi connectivity index (χ4v) is 8.25. The highest BCUT2D eigenvalue weighted by atomic mass is 16.3. The van der Waals surface area contributed by atoms with E-state index in [1.807, 2.05) is 0 Å². The van der Waals surface area contributed by atoms with E-state index < -0.39 is 0 Å². The minimum absolute atomic E-state index is 0.0695. The SMILES string of the molecule is c1ccc(-c2ccc3c(c2)-c2cccc4c2B2N3c3cccc5oc6cccc(c6c35)N2c2ccc(-c3ccccc3)cc2-4)cc1. The van der Waals surface area contributed by atoms with Crippen molar-refractivity contribution in [2.24, 2.45) is 0 Å². The molecule has 1 aromatic heterocycles. The Labute approximate surface area is 266 Å². The van der Waals surface area contributed by atoms with E-state index in [-0.39, 0.29) is 6.98 Å². The number of benzene rings is 7. The van der Waals surface area contributed by atoms with Crippen LogP contribution in [0.5, 0.6) is 0 Å². The first-order valence-corrected chi connectivity index (χ1v) is 15.9. The number of hydrogen-bond acceptors (Lipinski definition) is 3. The van der Waals surface area contributed by atoms with Gasteiger partial charge in [-0.3, -0.25) is 0 Å².